The molecule has 0 N–H and O–H groups in total. The second kappa shape index (κ2) is 9.98. The van der Waals surface area contributed by atoms with Gasteiger partial charge in [-0.15, -0.1) is 0 Å². The number of rotatable bonds is 8. The quantitative estimate of drug-likeness (QED) is 0.548. The lowest BCUT2D eigenvalue weighted by Crippen LogP contribution is -2.27. The summed E-state index contributed by atoms with van der Waals surface area (Å²) < 4.78 is 31.5. The Hall–Kier alpha value is -1.75. The summed E-state index contributed by atoms with van der Waals surface area (Å²) in [5, 5.41) is 0. The highest BCUT2D eigenvalue weighted by molar-refractivity contribution is 5.33. The van der Waals surface area contributed by atoms with Gasteiger partial charge in [0.2, 0.25) is 0 Å². The molecule has 2 aromatic carbocycles. The number of benzene rings is 2. The van der Waals surface area contributed by atoms with E-state index >= 15 is 0 Å². The molecule has 0 bridgehead atoms. The number of ether oxygens (including phenoxy) is 3. The molecule has 1 atom stereocenters. The Morgan fingerprint density at radius 1 is 1.04 bits per heavy atom. The zero-order chi connectivity index (χ0) is 19.1. The van der Waals surface area contributed by atoms with Crippen molar-refractivity contribution in [1.82, 2.24) is 0 Å². The molecule has 0 saturated carbocycles. The molecule has 2 aromatic rings. The maximum Gasteiger partial charge on any atom is 0.183 e. The van der Waals surface area contributed by atoms with Gasteiger partial charge in [0, 0.05) is 24.2 Å². The molecule has 1 unspecified atom stereocenters. The van der Waals surface area contributed by atoms with E-state index in [1.807, 2.05) is 30.3 Å². The minimum atomic E-state index is -0.434. The van der Waals surface area contributed by atoms with Crippen LogP contribution in [0.3, 0.4) is 0 Å². The van der Waals surface area contributed by atoms with Gasteiger partial charge in [0.1, 0.15) is 11.9 Å². The van der Waals surface area contributed by atoms with Crippen molar-refractivity contribution < 1.29 is 18.6 Å². The van der Waals surface area contributed by atoms with Gasteiger partial charge in [-0.3, -0.25) is 0 Å². The highest BCUT2D eigenvalue weighted by Crippen LogP contribution is 2.31. The number of hydrogen-bond donors (Lipinski definition) is 0. The molecule has 1 aliphatic rings. The van der Waals surface area contributed by atoms with Gasteiger partial charge in [-0.05, 0) is 18.1 Å². The molecule has 1 fully saturated rings. The van der Waals surface area contributed by atoms with Gasteiger partial charge in [-0.2, -0.15) is 0 Å². The van der Waals surface area contributed by atoms with Crippen molar-refractivity contribution in [2.45, 2.75) is 45.0 Å². The van der Waals surface area contributed by atoms with Crippen LogP contribution in [0.15, 0.2) is 48.5 Å². The Morgan fingerprint density at radius 2 is 1.74 bits per heavy atom. The third kappa shape index (κ3) is 5.16. The Balaban J connectivity index is 1.61. The van der Waals surface area contributed by atoms with Crippen LogP contribution in [0, 0.1) is 11.7 Å². The highest BCUT2D eigenvalue weighted by Gasteiger charge is 2.24. The molecule has 3 rings (SSSR count). The molecule has 0 aliphatic carbocycles. The first kappa shape index (κ1) is 20.0. The minimum Gasteiger partial charge on any atom is -0.372 e. The Bertz CT molecular complexity index is 693. The van der Waals surface area contributed by atoms with Crippen molar-refractivity contribution in [2.75, 3.05) is 20.3 Å². The van der Waals surface area contributed by atoms with Crippen LogP contribution in [-0.2, 0) is 14.2 Å². The van der Waals surface area contributed by atoms with Gasteiger partial charge in [0.25, 0.3) is 0 Å². The number of hydrogen-bond acceptors (Lipinski definition) is 3. The Kier molecular flexibility index (Phi) is 7.39. The van der Waals surface area contributed by atoms with Crippen LogP contribution in [0.1, 0.15) is 61.7 Å². The summed E-state index contributed by atoms with van der Waals surface area (Å²) in [5.41, 5.74) is 2.42. The first-order chi connectivity index (χ1) is 13.2. The van der Waals surface area contributed by atoms with Gasteiger partial charge >= 0.3 is 0 Å². The summed E-state index contributed by atoms with van der Waals surface area (Å²) in [6.07, 6.45) is 4.15. The first-order valence-corrected chi connectivity index (χ1v) is 9.83. The normalized spacial score (nSPS) is 21.1. The van der Waals surface area contributed by atoms with E-state index in [1.165, 1.54) is 25.3 Å². The van der Waals surface area contributed by atoms with E-state index in [-0.39, 0.29) is 12.1 Å². The van der Waals surface area contributed by atoms with E-state index < -0.39 is 6.10 Å². The van der Waals surface area contributed by atoms with Crippen molar-refractivity contribution in [3.8, 4) is 0 Å². The summed E-state index contributed by atoms with van der Waals surface area (Å²) in [6.45, 7) is 3.70. The van der Waals surface area contributed by atoms with Gasteiger partial charge in [0.15, 0.2) is 6.29 Å². The maximum atomic E-state index is 14.1. The molecule has 0 amide bonds. The van der Waals surface area contributed by atoms with E-state index in [1.54, 1.807) is 19.2 Å². The SMILES string of the molecule is CCCCC[C@H]1CO[C@H](c2ccc(C(OC)c3ccccc3F)cc2)OC1. The molecule has 146 valence electrons. The smallest absolute Gasteiger partial charge is 0.183 e. The lowest BCUT2D eigenvalue weighted by molar-refractivity contribution is -0.206. The number of unbranched alkanes of at least 4 members (excludes halogenated alkanes) is 2. The van der Waals surface area contributed by atoms with Gasteiger partial charge in [0.05, 0.1) is 13.2 Å². The molecule has 0 spiro atoms. The fraction of sp³-hybridized carbons (Fsp3) is 0.478. The monoisotopic (exact) mass is 372 g/mol. The van der Waals surface area contributed by atoms with Crippen molar-refractivity contribution in [1.29, 1.82) is 0 Å². The zero-order valence-corrected chi connectivity index (χ0v) is 16.2. The highest BCUT2D eigenvalue weighted by atomic mass is 19.1. The minimum absolute atomic E-state index is 0.263. The average Bonchev–Trinajstić information content (AvgIpc) is 2.71. The predicted octanol–water partition coefficient (Wildman–Crippen LogP) is 5.80. The third-order valence-electron chi connectivity index (χ3n) is 5.12. The van der Waals surface area contributed by atoms with Crippen molar-refractivity contribution in [3.63, 3.8) is 0 Å². The number of halogens is 1. The first-order valence-electron chi connectivity index (χ1n) is 9.83. The van der Waals surface area contributed by atoms with Crippen LogP contribution in [0.5, 0.6) is 0 Å². The van der Waals surface area contributed by atoms with Crippen LogP contribution >= 0.6 is 0 Å². The van der Waals surface area contributed by atoms with Crippen LogP contribution in [0.2, 0.25) is 0 Å². The molecule has 1 saturated heterocycles. The van der Waals surface area contributed by atoms with Crippen molar-refractivity contribution in [2.24, 2.45) is 5.92 Å². The molecule has 0 aromatic heterocycles. The van der Waals surface area contributed by atoms with E-state index in [4.69, 9.17) is 14.2 Å². The Labute approximate surface area is 161 Å². The second-order valence-corrected chi connectivity index (χ2v) is 7.16. The second-order valence-electron chi connectivity index (χ2n) is 7.16. The van der Waals surface area contributed by atoms with E-state index in [9.17, 15) is 4.39 Å². The van der Waals surface area contributed by atoms with Gasteiger partial charge in [-0.1, -0.05) is 68.7 Å². The molecular formula is C23H29FO3. The fourth-order valence-electron chi connectivity index (χ4n) is 3.54. The van der Waals surface area contributed by atoms with Gasteiger partial charge in [-0.25, -0.2) is 4.39 Å². The zero-order valence-electron chi connectivity index (χ0n) is 16.2. The summed E-state index contributed by atoms with van der Waals surface area (Å²) >= 11 is 0. The van der Waals surface area contributed by atoms with Crippen molar-refractivity contribution >= 4 is 0 Å². The van der Waals surface area contributed by atoms with Crippen LogP contribution < -0.4 is 0 Å². The largest absolute Gasteiger partial charge is 0.372 e. The van der Waals surface area contributed by atoms with Gasteiger partial charge < -0.3 is 14.2 Å². The fourth-order valence-corrected chi connectivity index (χ4v) is 3.54. The van der Waals surface area contributed by atoms with E-state index in [0.717, 1.165) is 30.8 Å². The Morgan fingerprint density at radius 3 is 2.37 bits per heavy atom. The molecule has 1 heterocycles. The molecule has 1 aliphatic heterocycles. The van der Waals surface area contributed by atoms with Crippen LogP contribution in [0.25, 0.3) is 0 Å². The number of methoxy groups -OCH3 is 1. The molecular weight excluding hydrogens is 343 g/mol. The lowest BCUT2D eigenvalue weighted by atomic mass is 9.99. The summed E-state index contributed by atoms with van der Waals surface area (Å²) in [5.74, 6) is 0.229. The molecule has 4 heteroatoms. The van der Waals surface area contributed by atoms with Crippen LogP contribution in [-0.4, -0.2) is 20.3 Å². The predicted molar refractivity (Wildman–Crippen MR) is 104 cm³/mol. The summed E-state index contributed by atoms with van der Waals surface area (Å²) in [6, 6.07) is 14.6. The van der Waals surface area contributed by atoms with E-state index in [0.29, 0.717) is 11.5 Å². The topological polar surface area (TPSA) is 27.7 Å². The summed E-state index contributed by atoms with van der Waals surface area (Å²) in [7, 11) is 1.59. The molecule has 3 nitrogen and oxygen atoms in total. The standard InChI is InChI=1S/C23H29FO3/c1-3-4-5-8-17-15-26-23(27-16-17)19-13-11-18(12-14-19)22(25-2)20-9-6-7-10-21(20)24/h6-7,9-14,17,22-23H,3-5,8,15-16H2,1-2H3/t17-,22?,23-. The summed E-state index contributed by atoms with van der Waals surface area (Å²) in [4.78, 5) is 0. The van der Waals surface area contributed by atoms with Crippen molar-refractivity contribution in [3.05, 3.63) is 71.0 Å². The van der Waals surface area contributed by atoms with E-state index in [2.05, 4.69) is 6.92 Å². The molecule has 27 heavy (non-hydrogen) atoms. The lowest BCUT2D eigenvalue weighted by Gasteiger charge is -2.30. The maximum absolute atomic E-state index is 14.1. The van der Waals surface area contributed by atoms with Crippen LogP contribution in [0.4, 0.5) is 4.39 Å². The third-order valence-corrected chi connectivity index (χ3v) is 5.12. The molecule has 0 radical (unpaired) electrons. The average molecular weight is 372 g/mol.